The van der Waals surface area contributed by atoms with Crippen molar-refractivity contribution in [1.82, 2.24) is 10.2 Å². The van der Waals surface area contributed by atoms with E-state index in [1.807, 2.05) is 0 Å². The molecule has 0 fully saturated rings. The van der Waals surface area contributed by atoms with Crippen molar-refractivity contribution >= 4 is 15.9 Å². The molecule has 0 aliphatic heterocycles. The second-order valence-corrected chi connectivity index (χ2v) is 6.37. The molecular formula is C16H27BrN2. The average molecular weight is 327 g/mol. The summed E-state index contributed by atoms with van der Waals surface area (Å²) < 4.78 is 1.20. The van der Waals surface area contributed by atoms with Crippen molar-refractivity contribution in [2.45, 2.75) is 52.2 Å². The van der Waals surface area contributed by atoms with Gasteiger partial charge in [0.05, 0.1) is 0 Å². The first-order valence-electron chi connectivity index (χ1n) is 7.21. The predicted octanol–water partition coefficient (Wildman–Crippen LogP) is 4.05. The van der Waals surface area contributed by atoms with Crippen molar-refractivity contribution in [3.8, 4) is 0 Å². The number of rotatable bonds is 8. The van der Waals surface area contributed by atoms with E-state index < -0.39 is 0 Å². The third-order valence-corrected chi connectivity index (χ3v) is 4.16. The molecule has 1 aromatic carbocycles. The molecule has 0 aliphatic carbocycles. The van der Waals surface area contributed by atoms with Crippen molar-refractivity contribution in [3.63, 3.8) is 0 Å². The molecule has 0 spiro atoms. The van der Waals surface area contributed by atoms with Crippen molar-refractivity contribution in [2.75, 3.05) is 13.6 Å². The van der Waals surface area contributed by atoms with E-state index in [0.717, 1.165) is 13.1 Å². The number of nitrogens with zero attached hydrogens (tertiary/aromatic N) is 1. The van der Waals surface area contributed by atoms with Crippen LogP contribution in [0.3, 0.4) is 0 Å². The number of hydrogen-bond donors (Lipinski definition) is 1. The average Bonchev–Trinajstić information content (AvgIpc) is 2.37. The first kappa shape index (κ1) is 16.7. The lowest BCUT2D eigenvalue weighted by molar-refractivity contribution is 0.211. The number of benzene rings is 1. The van der Waals surface area contributed by atoms with E-state index in [-0.39, 0.29) is 0 Å². The predicted molar refractivity (Wildman–Crippen MR) is 87.4 cm³/mol. The molecule has 1 unspecified atom stereocenters. The molecule has 1 aromatic rings. The maximum absolute atomic E-state index is 3.63. The van der Waals surface area contributed by atoms with Crippen molar-refractivity contribution in [1.29, 1.82) is 0 Å². The summed E-state index contributed by atoms with van der Waals surface area (Å²) in [6, 6.07) is 9.63. The molecule has 0 aliphatic rings. The molecule has 0 amide bonds. The monoisotopic (exact) mass is 326 g/mol. The lowest BCUT2D eigenvalue weighted by atomic mass is 10.1. The third-order valence-electron chi connectivity index (χ3n) is 3.38. The van der Waals surface area contributed by atoms with E-state index in [2.05, 4.69) is 78.2 Å². The molecule has 1 atom stereocenters. The highest BCUT2D eigenvalue weighted by molar-refractivity contribution is 9.10. The fraction of sp³-hybridized carbons (Fsp3) is 0.625. The second kappa shape index (κ2) is 8.72. The van der Waals surface area contributed by atoms with Gasteiger partial charge in [-0.25, -0.2) is 0 Å². The van der Waals surface area contributed by atoms with E-state index in [0.29, 0.717) is 12.1 Å². The molecule has 108 valence electrons. The fourth-order valence-electron chi connectivity index (χ4n) is 2.21. The molecule has 3 heteroatoms. The highest BCUT2D eigenvalue weighted by Gasteiger charge is 2.15. The fourth-order valence-corrected chi connectivity index (χ4v) is 2.62. The van der Waals surface area contributed by atoms with Crippen LogP contribution in [-0.2, 0) is 6.54 Å². The number of nitrogens with one attached hydrogen (secondary N) is 1. The van der Waals surface area contributed by atoms with Gasteiger partial charge in [-0.05, 0) is 25.1 Å². The van der Waals surface area contributed by atoms with Gasteiger partial charge in [0.15, 0.2) is 0 Å². The van der Waals surface area contributed by atoms with E-state index in [1.165, 1.54) is 22.9 Å². The minimum atomic E-state index is 0.552. The molecule has 0 saturated carbocycles. The van der Waals surface area contributed by atoms with Gasteiger partial charge in [0.1, 0.15) is 0 Å². The van der Waals surface area contributed by atoms with Crippen LogP contribution in [0.5, 0.6) is 0 Å². The highest BCUT2D eigenvalue weighted by atomic mass is 79.9. The molecule has 0 radical (unpaired) electrons. The van der Waals surface area contributed by atoms with Crippen LogP contribution in [0, 0.1) is 0 Å². The Balaban J connectivity index is 2.60. The van der Waals surface area contributed by atoms with Crippen LogP contribution < -0.4 is 5.32 Å². The summed E-state index contributed by atoms with van der Waals surface area (Å²) in [5.74, 6) is 0. The molecule has 0 bridgehead atoms. The molecule has 1 N–H and O–H groups in total. The van der Waals surface area contributed by atoms with Crippen LogP contribution in [0.15, 0.2) is 28.7 Å². The first-order chi connectivity index (χ1) is 9.04. The molecule has 0 saturated heterocycles. The van der Waals surface area contributed by atoms with Crippen LogP contribution in [-0.4, -0.2) is 30.6 Å². The van der Waals surface area contributed by atoms with E-state index >= 15 is 0 Å². The number of hydrogen-bond acceptors (Lipinski definition) is 2. The van der Waals surface area contributed by atoms with E-state index in [9.17, 15) is 0 Å². The van der Waals surface area contributed by atoms with Gasteiger partial charge in [-0.2, -0.15) is 0 Å². The van der Waals surface area contributed by atoms with E-state index in [4.69, 9.17) is 0 Å². The Labute approximate surface area is 126 Å². The zero-order chi connectivity index (χ0) is 14.3. The zero-order valence-electron chi connectivity index (χ0n) is 12.6. The summed E-state index contributed by atoms with van der Waals surface area (Å²) in [5.41, 5.74) is 1.36. The molecule has 19 heavy (non-hydrogen) atoms. The van der Waals surface area contributed by atoms with E-state index in [1.54, 1.807) is 0 Å². The lowest BCUT2D eigenvalue weighted by Gasteiger charge is -2.29. The Hall–Kier alpha value is -0.380. The minimum absolute atomic E-state index is 0.552. The molecule has 2 nitrogen and oxygen atoms in total. The van der Waals surface area contributed by atoms with Gasteiger partial charge < -0.3 is 5.32 Å². The lowest BCUT2D eigenvalue weighted by Crippen LogP contribution is -2.41. The largest absolute Gasteiger partial charge is 0.313 e. The Bertz CT molecular complexity index is 366. The quantitative estimate of drug-likeness (QED) is 0.775. The summed E-state index contributed by atoms with van der Waals surface area (Å²) in [5, 5.41) is 3.56. The summed E-state index contributed by atoms with van der Waals surface area (Å²) in [6.07, 6.45) is 2.46. The van der Waals surface area contributed by atoms with Gasteiger partial charge in [-0.3, -0.25) is 4.90 Å². The number of halogens is 1. The van der Waals surface area contributed by atoms with Crippen molar-refractivity contribution < 1.29 is 0 Å². The summed E-state index contributed by atoms with van der Waals surface area (Å²) >= 11 is 3.63. The van der Waals surface area contributed by atoms with Crippen molar-refractivity contribution in [3.05, 3.63) is 34.3 Å². The Morgan fingerprint density at radius 3 is 2.53 bits per heavy atom. The molecular weight excluding hydrogens is 300 g/mol. The van der Waals surface area contributed by atoms with Crippen molar-refractivity contribution in [2.24, 2.45) is 0 Å². The second-order valence-electron chi connectivity index (χ2n) is 5.51. The van der Waals surface area contributed by atoms with Crippen LogP contribution in [0.1, 0.15) is 39.2 Å². The van der Waals surface area contributed by atoms with Crippen LogP contribution in [0.4, 0.5) is 0 Å². The van der Waals surface area contributed by atoms with Gasteiger partial charge >= 0.3 is 0 Å². The third kappa shape index (κ3) is 6.07. The van der Waals surface area contributed by atoms with Gasteiger partial charge in [0.2, 0.25) is 0 Å². The normalized spacial score (nSPS) is 13.2. The highest BCUT2D eigenvalue weighted by Crippen LogP contribution is 2.19. The van der Waals surface area contributed by atoms with Gasteiger partial charge in [-0.1, -0.05) is 61.3 Å². The van der Waals surface area contributed by atoms with Crippen LogP contribution in [0.2, 0.25) is 0 Å². The van der Waals surface area contributed by atoms with Gasteiger partial charge in [-0.15, -0.1) is 0 Å². The first-order valence-corrected chi connectivity index (χ1v) is 8.01. The zero-order valence-corrected chi connectivity index (χ0v) is 14.2. The molecule has 0 aromatic heterocycles. The smallest absolute Gasteiger partial charge is 0.0245 e. The van der Waals surface area contributed by atoms with Gasteiger partial charge in [0.25, 0.3) is 0 Å². The van der Waals surface area contributed by atoms with Gasteiger partial charge in [0, 0.05) is 29.6 Å². The summed E-state index contributed by atoms with van der Waals surface area (Å²) in [7, 11) is 2.22. The summed E-state index contributed by atoms with van der Waals surface area (Å²) in [4.78, 5) is 2.46. The van der Waals surface area contributed by atoms with Crippen LogP contribution in [0.25, 0.3) is 0 Å². The Morgan fingerprint density at radius 1 is 1.26 bits per heavy atom. The maximum atomic E-state index is 3.63. The molecule has 1 rings (SSSR count). The topological polar surface area (TPSA) is 15.3 Å². The SMILES string of the molecule is CCCC(CNC(C)C)N(C)Cc1ccccc1Br. The minimum Gasteiger partial charge on any atom is -0.313 e. The number of likely N-dealkylation sites (N-methyl/N-ethyl adjacent to an activating group) is 1. The van der Waals surface area contributed by atoms with Crippen LogP contribution >= 0.6 is 15.9 Å². The Morgan fingerprint density at radius 2 is 1.95 bits per heavy atom. The standard InChI is InChI=1S/C16H27BrN2/c1-5-8-15(11-18-13(2)3)19(4)12-14-9-6-7-10-16(14)17/h6-7,9-10,13,15,18H,5,8,11-12H2,1-4H3. The molecule has 0 heterocycles. The Kier molecular flexibility index (Phi) is 7.66. The summed E-state index contributed by atoms with van der Waals surface area (Å²) in [6.45, 7) is 8.72. The maximum Gasteiger partial charge on any atom is 0.0245 e.